The molecule has 4 aromatic rings. The number of hydrogen-bond donors (Lipinski definition) is 2. The predicted molar refractivity (Wildman–Crippen MR) is 127 cm³/mol. The fourth-order valence-electron chi connectivity index (χ4n) is 3.40. The van der Waals surface area contributed by atoms with Crippen LogP contribution in [0.25, 0.3) is 10.8 Å². The number of benzene rings is 4. The van der Waals surface area contributed by atoms with Crippen LogP contribution in [0, 0.1) is 24.0 Å². The maximum atomic E-state index is 12.9. The smallest absolute Gasteiger partial charge is 0.269 e. The number of aryl methyl sites for hydroxylation is 2. The van der Waals surface area contributed by atoms with Crippen LogP contribution < -0.4 is 5.32 Å². The molecule has 8 heteroatoms. The normalized spacial score (nSPS) is 11.1. The van der Waals surface area contributed by atoms with E-state index in [-0.39, 0.29) is 22.7 Å². The Balaban J connectivity index is 1.75. The summed E-state index contributed by atoms with van der Waals surface area (Å²) < 4.78 is 0. The van der Waals surface area contributed by atoms with Crippen molar-refractivity contribution in [1.29, 1.82) is 0 Å². The van der Waals surface area contributed by atoms with Crippen molar-refractivity contribution in [1.82, 2.24) is 0 Å². The molecule has 4 aromatic carbocycles. The largest absolute Gasteiger partial charge is 0.505 e. The molecular formula is C25H20N4O4. The van der Waals surface area contributed by atoms with E-state index in [4.69, 9.17) is 0 Å². The van der Waals surface area contributed by atoms with E-state index < -0.39 is 10.8 Å². The summed E-state index contributed by atoms with van der Waals surface area (Å²) in [5, 5.41) is 34.4. The SMILES string of the molecule is Cc1ccc(NC(=O)c2cc3ccccc3c(N=Nc3ccc([N+](=O)[O-])cc3C)c2O)cc1. The summed E-state index contributed by atoms with van der Waals surface area (Å²) in [5.41, 5.74) is 2.79. The van der Waals surface area contributed by atoms with Crippen molar-refractivity contribution in [3.8, 4) is 5.75 Å². The highest BCUT2D eigenvalue weighted by Gasteiger charge is 2.19. The fourth-order valence-corrected chi connectivity index (χ4v) is 3.40. The maximum Gasteiger partial charge on any atom is 0.269 e. The molecular weight excluding hydrogens is 420 g/mol. The van der Waals surface area contributed by atoms with Gasteiger partial charge in [-0.25, -0.2) is 0 Å². The van der Waals surface area contributed by atoms with Crippen molar-refractivity contribution >= 4 is 39.4 Å². The lowest BCUT2D eigenvalue weighted by Crippen LogP contribution is -2.12. The number of phenols is 1. The molecule has 0 aliphatic heterocycles. The lowest BCUT2D eigenvalue weighted by atomic mass is 10.0. The number of non-ortho nitro benzene ring substituents is 1. The molecule has 4 rings (SSSR count). The van der Waals surface area contributed by atoms with Gasteiger partial charge in [0.1, 0.15) is 5.69 Å². The van der Waals surface area contributed by atoms with Crippen molar-refractivity contribution in [3.05, 3.63) is 99.6 Å². The Labute approximate surface area is 189 Å². The van der Waals surface area contributed by atoms with Crippen LogP contribution in [0.4, 0.5) is 22.7 Å². The number of anilines is 1. The monoisotopic (exact) mass is 440 g/mol. The van der Waals surface area contributed by atoms with Crippen molar-refractivity contribution in [2.45, 2.75) is 13.8 Å². The van der Waals surface area contributed by atoms with Gasteiger partial charge in [0.15, 0.2) is 5.75 Å². The van der Waals surface area contributed by atoms with Gasteiger partial charge in [-0.3, -0.25) is 14.9 Å². The van der Waals surface area contributed by atoms with E-state index in [0.717, 1.165) is 5.56 Å². The van der Waals surface area contributed by atoms with Gasteiger partial charge in [-0.05, 0) is 49.1 Å². The Kier molecular flexibility index (Phi) is 5.82. The first kappa shape index (κ1) is 21.6. The molecule has 0 heterocycles. The van der Waals surface area contributed by atoms with Crippen LogP contribution >= 0.6 is 0 Å². The van der Waals surface area contributed by atoms with Gasteiger partial charge in [0, 0.05) is 23.2 Å². The van der Waals surface area contributed by atoms with Gasteiger partial charge in [0.25, 0.3) is 11.6 Å². The lowest BCUT2D eigenvalue weighted by Gasteiger charge is -2.11. The first-order chi connectivity index (χ1) is 15.8. The number of nitro groups is 1. The highest BCUT2D eigenvalue weighted by Crippen LogP contribution is 2.40. The number of hydrogen-bond acceptors (Lipinski definition) is 6. The number of rotatable bonds is 5. The zero-order chi connectivity index (χ0) is 23.5. The molecule has 0 saturated carbocycles. The molecule has 164 valence electrons. The third-order valence-corrected chi connectivity index (χ3v) is 5.20. The standard InChI is InChI=1S/C25H20N4O4/c1-15-7-9-18(10-8-15)26-25(31)21-14-17-5-3-4-6-20(17)23(24(21)30)28-27-22-12-11-19(29(32)33)13-16(22)2/h3-14,30H,1-2H3,(H,26,31). The number of nitrogens with one attached hydrogen (secondary N) is 1. The quantitative estimate of drug-likeness (QED) is 0.203. The molecule has 0 bridgehead atoms. The number of amides is 1. The average Bonchev–Trinajstić information content (AvgIpc) is 2.80. The van der Waals surface area contributed by atoms with Crippen LogP contribution in [-0.2, 0) is 0 Å². The number of nitro benzene ring substituents is 1. The molecule has 0 aliphatic carbocycles. The first-order valence-corrected chi connectivity index (χ1v) is 10.1. The first-order valence-electron chi connectivity index (χ1n) is 10.1. The summed E-state index contributed by atoms with van der Waals surface area (Å²) >= 11 is 0. The Bertz CT molecular complexity index is 1410. The zero-order valence-corrected chi connectivity index (χ0v) is 17.9. The molecule has 0 aromatic heterocycles. The highest BCUT2D eigenvalue weighted by molar-refractivity contribution is 6.11. The average molecular weight is 440 g/mol. The van der Waals surface area contributed by atoms with Gasteiger partial charge in [-0.15, -0.1) is 5.11 Å². The topological polar surface area (TPSA) is 117 Å². The van der Waals surface area contributed by atoms with Crippen molar-refractivity contribution in [2.75, 3.05) is 5.32 Å². The number of phenolic OH excluding ortho intramolecular Hbond substituents is 1. The maximum absolute atomic E-state index is 12.9. The minimum Gasteiger partial charge on any atom is -0.505 e. The van der Waals surface area contributed by atoms with Crippen molar-refractivity contribution < 1.29 is 14.8 Å². The second-order valence-corrected chi connectivity index (χ2v) is 7.59. The third-order valence-electron chi connectivity index (χ3n) is 5.20. The highest BCUT2D eigenvalue weighted by atomic mass is 16.6. The molecule has 0 unspecified atom stereocenters. The van der Waals surface area contributed by atoms with E-state index in [1.165, 1.54) is 18.2 Å². The number of nitrogens with zero attached hydrogens (tertiary/aromatic N) is 3. The minimum atomic E-state index is -0.483. The van der Waals surface area contributed by atoms with Crippen LogP contribution in [0.1, 0.15) is 21.5 Å². The van der Waals surface area contributed by atoms with Crippen LogP contribution in [0.5, 0.6) is 5.75 Å². The molecule has 1 amide bonds. The number of fused-ring (bicyclic) bond motifs is 1. The van der Waals surface area contributed by atoms with Gasteiger partial charge in [-0.1, -0.05) is 42.0 Å². The van der Waals surface area contributed by atoms with E-state index in [9.17, 15) is 20.0 Å². The van der Waals surface area contributed by atoms with Gasteiger partial charge in [-0.2, -0.15) is 5.11 Å². The Morgan fingerprint density at radius 2 is 1.70 bits per heavy atom. The molecule has 33 heavy (non-hydrogen) atoms. The van der Waals surface area contributed by atoms with Gasteiger partial charge in [0.2, 0.25) is 0 Å². The molecule has 0 saturated heterocycles. The summed E-state index contributed by atoms with van der Waals surface area (Å²) in [5.74, 6) is -0.785. The van der Waals surface area contributed by atoms with Crippen molar-refractivity contribution in [3.63, 3.8) is 0 Å². The summed E-state index contributed by atoms with van der Waals surface area (Å²) in [4.78, 5) is 23.4. The molecule has 8 nitrogen and oxygen atoms in total. The number of carbonyl (C=O) groups excluding carboxylic acids is 1. The number of azo groups is 1. The molecule has 0 aliphatic rings. The Hall–Kier alpha value is -4.59. The van der Waals surface area contributed by atoms with E-state index >= 15 is 0 Å². The van der Waals surface area contributed by atoms with Crippen LogP contribution in [0.15, 0.2) is 83.0 Å². The second-order valence-electron chi connectivity index (χ2n) is 7.59. The number of carbonyl (C=O) groups is 1. The summed E-state index contributed by atoms with van der Waals surface area (Å²) in [6.07, 6.45) is 0. The minimum absolute atomic E-state index is 0.0467. The summed E-state index contributed by atoms with van der Waals surface area (Å²) in [6, 6.07) is 20.3. The molecule has 0 spiro atoms. The van der Waals surface area contributed by atoms with E-state index in [0.29, 0.717) is 27.7 Å². The zero-order valence-electron chi connectivity index (χ0n) is 17.9. The molecule has 0 fully saturated rings. The van der Waals surface area contributed by atoms with Gasteiger partial charge < -0.3 is 10.4 Å². The Morgan fingerprint density at radius 1 is 0.970 bits per heavy atom. The predicted octanol–water partition coefficient (Wildman–Crippen LogP) is 6.74. The van der Waals surface area contributed by atoms with Gasteiger partial charge in [0.05, 0.1) is 16.2 Å². The number of aromatic hydroxyl groups is 1. The van der Waals surface area contributed by atoms with Crippen molar-refractivity contribution in [2.24, 2.45) is 10.2 Å². The van der Waals surface area contributed by atoms with E-state index in [2.05, 4.69) is 15.5 Å². The van der Waals surface area contributed by atoms with Crippen LogP contribution in [-0.4, -0.2) is 15.9 Å². The van der Waals surface area contributed by atoms with Crippen LogP contribution in [0.2, 0.25) is 0 Å². The third kappa shape index (κ3) is 4.54. The van der Waals surface area contributed by atoms with Crippen LogP contribution in [0.3, 0.4) is 0 Å². The molecule has 0 atom stereocenters. The second kappa shape index (κ2) is 8.88. The summed E-state index contributed by atoms with van der Waals surface area (Å²) in [6.45, 7) is 3.63. The van der Waals surface area contributed by atoms with Gasteiger partial charge >= 0.3 is 0 Å². The lowest BCUT2D eigenvalue weighted by molar-refractivity contribution is -0.384. The fraction of sp³-hybridized carbons (Fsp3) is 0.0800. The molecule has 0 radical (unpaired) electrons. The summed E-state index contributed by atoms with van der Waals surface area (Å²) in [7, 11) is 0. The Morgan fingerprint density at radius 3 is 2.39 bits per heavy atom. The van der Waals surface area contributed by atoms with E-state index in [1.807, 2.05) is 31.2 Å². The van der Waals surface area contributed by atoms with E-state index in [1.54, 1.807) is 37.3 Å². The molecule has 2 N–H and O–H groups in total.